The third-order valence-corrected chi connectivity index (χ3v) is 4.58. The summed E-state index contributed by atoms with van der Waals surface area (Å²) in [7, 11) is 1.94. The first kappa shape index (κ1) is 14.5. The molecule has 0 aliphatic heterocycles. The molecule has 0 saturated heterocycles. The zero-order valence-electron chi connectivity index (χ0n) is 12.2. The maximum Gasteiger partial charge on any atom is 0.138 e. The van der Waals surface area contributed by atoms with Gasteiger partial charge in [0.25, 0.3) is 0 Å². The fourth-order valence-electron chi connectivity index (χ4n) is 3.35. The van der Waals surface area contributed by atoms with E-state index in [1.54, 1.807) is 6.33 Å². The Morgan fingerprint density at radius 2 is 2.16 bits per heavy atom. The largest absolute Gasteiger partial charge is 0.271 e. The summed E-state index contributed by atoms with van der Waals surface area (Å²) >= 11 is 0. The zero-order chi connectivity index (χ0) is 13.7. The second kappa shape index (κ2) is 7.01. The molecule has 0 bridgehead atoms. The Kier molecular flexibility index (Phi) is 5.34. The summed E-state index contributed by atoms with van der Waals surface area (Å²) in [6, 6.07) is 0.325. The highest BCUT2D eigenvalue weighted by Gasteiger charge is 2.27. The molecule has 0 amide bonds. The van der Waals surface area contributed by atoms with Crippen molar-refractivity contribution in [1.29, 1.82) is 0 Å². The smallest absolute Gasteiger partial charge is 0.138 e. The van der Waals surface area contributed by atoms with Gasteiger partial charge in [0.2, 0.25) is 0 Å². The standard InChI is InChI=1S/C14H27N5/c1-3-4-11-5-7-12(8-6-11)13(18-15)9-14-16-10-17-19(14)2/h10-13,18H,3-9,15H2,1-2H3. The van der Waals surface area contributed by atoms with Crippen LogP contribution in [0.2, 0.25) is 0 Å². The van der Waals surface area contributed by atoms with Gasteiger partial charge in [-0.2, -0.15) is 5.10 Å². The lowest BCUT2D eigenvalue weighted by Crippen LogP contribution is -2.44. The Morgan fingerprint density at radius 3 is 2.68 bits per heavy atom. The van der Waals surface area contributed by atoms with Gasteiger partial charge in [-0.1, -0.05) is 32.6 Å². The molecule has 1 unspecified atom stereocenters. The van der Waals surface area contributed by atoms with Crippen molar-refractivity contribution in [2.24, 2.45) is 24.7 Å². The van der Waals surface area contributed by atoms with Crippen LogP contribution in [0.5, 0.6) is 0 Å². The Balaban J connectivity index is 1.87. The van der Waals surface area contributed by atoms with Crippen molar-refractivity contribution in [1.82, 2.24) is 20.2 Å². The summed E-state index contributed by atoms with van der Waals surface area (Å²) in [6.07, 6.45) is 10.5. The van der Waals surface area contributed by atoms with Crippen LogP contribution in [0.1, 0.15) is 51.3 Å². The van der Waals surface area contributed by atoms with Crippen molar-refractivity contribution in [3.8, 4) is 0 Å². The molecule has 1 aliphatic rings. The molecular weight excluding hydrogens is 238 g/mol. The molecule has 0 aromatic carbocycles. The average Bonchev–Trinajstić information content (AvgIpc) is 2.83. The van der Waals surface area contributed by atoms with Crippen LogP contribution in [0.15, 0.2) is 6.33 Å². The van der Waals surface area contributed by atoms with Crippen molar-refractivity contribution < 1.29 is 0 Å². The maximum absolute atomic E-state index is 5.76. The maximum atomic E-state index is 5.76. The quantitative estimate of drug-likeness (QED) is 0.608. The monoisotopic (exact) mass is 265 g/mol. The molecule has 19 heavy (non-hydrogen) atoms. The third kappa shape index (κ3) is 3.76. The number of hydrogen-bond donors (Lipinski definition) is 2. The Bertz CT molecular complexity index is 368. The van der Waals surface area contributed by atoms with Gasteiger partial charge in [-0.15, -0.1) is 0 Å². The fourth-order valence-corrected chi connectivity index (χ4v) is 3.35. The Hall–Kier alpha value is -0.940. The van der Waals surface area contributed by atoms with Crippen LogP contribution in [0, 0.1) is 11.8 Å². The summed E-state index contributed by atoms with van der Waals surface area (Å²) in [5.41, 5.74) is 3.00. The van der Waals surface area contributed by atoms with E-state index in [0.29, 0.717) is 12.0 Å². The van der Waals surface area contributed by atoms with Gasteiger partial charge in [-0.25, -0.2) is 4.98 Å². The predicted molar refractivity (Wildman–Crippen MR) is 76.2 cm³/mol. The molecule has 0 spiro atoms. The third-order valence-electron chi connectivity index (χ3n) is 4.58. The molecule has 1 aromatic heterocycles. The normalized spacial score (nSPS) is 25.4. The SMILES string of the molecule is CCCC1CCC(C(Cc2ncnn2C)NN)CC1. The molecule has 1 fully saturated rings. The van der Waals surface area contributed by atoms with E-state index < -0.39 is 0 Å². The van der Waals surface area contributed by atoms with Crippen LogP contribution in [-0.4, -0.2) is 20.8 Å². The molecule has 3 N–H and O–H groups in total. The van der Waals surface area contributed by atoms with Crippen LogP contribution in [0.25, 0.3) is 0 Å². The molecule has 1 heterocycles. The van der Waals surface area contributed by atoms with E-state index in [1.807, 2.05) is 11.7 Å². The number of nitrogens with zero attached hydrogens (tertiary/aromatic N) is 3. The van der Waals surface area contributed by atoms with Crippen molar-refractivity contribution in [2.45, 2.75) is 57.9 Å². The van der Waals surface area contributed by atoms with Crippen LogP contribution in [-0.2, 0) is 13.5 Å². The van der Waals surface area contributed by atoms with Crippen molar-refractivity contribution in [3.05, 3.63) is 12.2 Å². The number of nitrogens with one attached hydrogen (secondary N) is 1. The van der Waals surface area contributed by atoms with E-state index in [0.717, 1.165) is 18.2 Å². The summed E-state index contributed by atoms with van der Waals surface area (Å²) < 4.78 is 1.84. The molecule has 108 valence electrons. The van der Waals surface area contributed by atoms with E-state index in [2.05, 4.69) is 22.4 Å². The first-order valence-electron chi connectivity index (χ1n) is 7.53. The van der Waals surface area contributed by atoms with E-state index in [9.17, 15) is 0 Å². The zero-order valence-corrected chi connectivity index (χ0v) is 12.2. The van der Waals surface area contributed by atoms with Gasteiger partial charge in [-0.3, -0.25) is 16.0 Å². The second-order valence-corrected chi connectivity index (χ2v) is 5.85. The van der Waals surface area contributed by atoms with Gasteiger partial charge in [0.15, 0.2) is 0 Å². The number of hydrogen-bond acceptors (Lipinski definition) is 4. The van der Waals surface area contributed by atoms with Crippen LogP contribution in [0.3, 0.4) is 0 Å². The first-order chi connectivity index (χ1) is 9.24. The van der Waals surface area contributed by atoms with Crippen LogP contribution >= 0.6 is 0 Å². The topological polar surface area (TPSA) is 68.8 Å². The molecule has 1 atom stereocenters. The summed E-state index contributed by atoms with van der Waals surface area (Å²) in [6.45, 7) is 2.28. The van der Waals surface area contributed by atoms with E-state index >= 15 is 0 Å². The number of nitrogens with two attached hydrogens (primary N) is 1. The minimum Gasteiger partial charge on any atom is -0.271 e. The Morgan fingerprint density at radius 1 is 1.42 bits per heavy atom. The average molecular weight is 265 g/mol. The molecule has 1 saturated carbocycles. The molecule has 0 radical (unpaired) electrons. The minimum atomic E-state index is 0.325. The van der Waals surface area contributed by atoms with Gasteiger partial charge in [-0.05, 0) is 24.7 Å². The number of hydrazine groups is 1. The van der Waals surface area contributed by atoms with Crippen molar-refractivity contribution >= 4 is 0 Å². The fraction of sp³-hybridized carbons (Fsp3) is 0.857. The highest BCUT2D eigenvalue weighted by molar-refractivity contribution is 4.92. The van der Waals surface area contributed by atoms with Gasteiger partial charge < -0.3 is 0 Å². The summed E-state index contributed by atoms with van der Waals surface area (Å²) in [4.78, 5) is 4.30. The summed E-state index contributed by atoms with van der Waals surface area (Å²) in [5.74, 6) is 8.38. The van der Waals surface area contributed by atoms with Gasteiger partial charge in [0, 0.05) is 19.5 Å². The lowest BCUT2D eigenvalue weighted by Gasteiger charge is -2.33. The lowest BCUT2D eigenvalue weighted by atomic mass is 9.76. The van der Waals surface area contributed by atoms with Gasteiger partial charge >= 0.3 is 0 Å². The van der Waals surface area contributed by atoms with Crippen LogP contribution < -0.4 is 11.3 Å². The highest BCUT2D eigenvalue weighted by atomic mass is 15.3. The molecule has 1 aliphatic carbocycles. The van der Waals surface area contributed by atoms with E-state index in [4.69, 9.17) is 5.84 Å². The Labute approximate surface area is 115 Å². The molecular formula is C14H27N5. The van der Waals surface area contributed by atoms with Gasteiger partial charge in [0.1, 0.15) is 12.2 Å². The minimum absolute atomic E-state index is 0.325. The highest BCUT2D eigenvalue weighted by Crippen LogP contribution is 2.33. The van der Waals surface area contributed by atoms with Gasteiger partial charge in [0.05, 0.1) is 0 Å². The molecule has 1 aromatic rings. The summed E-state index contributed by atoms with van der Waals surface area (Å²) in [5, 5.41) is 4.12. The molecule has 5 heteroatoms. The second-order valence-electron chi connectivity index (χ2n) is 5.85. The number of aromatic nitrogens is 3. The number of aryl methyl sites for hydroxylation is 1. The predicted octanol–water partition coefficient (Wildman–Crippen LogP) is 1.80. The molecule has 2 rings (SSSR count). The first-order valence-corrected chi connectivity index (χ1v) is 7.53. The molecule has 5 nitrogen and oxygen atoms in total. The lowest BCUT2D eigenvalue weighted by molar-refractivity contribution is 0.211. The number of rotatable bonds is 6. The van der Waals surface area contributed by atoms with Crippen LogP contribution in [0.4, 0.5) is 0 Å². The van der Waals surface area contributed by atoms with E-state index in [1.165, 1.54) is 38.5 Å². The van der Waals surface area contributed by atoms with Crippen molar-refractivity contribution in [2.75, 3.05) is 0 Å². The van der Waals surface area contributed by atoms with Crippen molar-refractivity contribution in [3.63, 3.8) is 0 Å². The van der Waals surface area contributed by atoms with E-state index in [-0.39, 0.29) is 0 Å².